The van der Waals surface area contributed by atoms with Crippen LogP contribution in [0.15, 0.2) is 69.6 Å². The van der Waals surface area contributed by atoms with Crippen molar-refractivity contribution in [3.05, 3.63) is 90.6 Å². The summed E-state index contributed by atoms with van der Waals surface area (Å²) < 4.78 is 12.9. The van der Waals surface area contributed by atoms with E-state index in [9.17, 15) is 14.7 Å². The van der Waals surface area contributed by atoms with Crippen LogP contribution < -0.4 is 19.6 Å². The molecule has 2 heterocycles. The molecule has 0 spiro atoms. The van der Waals surface area contributed by atoms with Crippen LogP contribution in [0.4, 0.5) is 0 Å². The number of hydrogen-bond donors (Lipinski definition) is 1. The largest absolute Gasteiger partial charge is 0.508 e. The summed E-state index contributed by atoms with van der Waals surface area (Å²) in [6.07, 6.45) is 1.75. The van der Waals surface area contributed by atoms with Crippen LogP contribution in [0.2, 0.25) is 0 Å². The summed E-state index contributed by atoms with van der Waals surface area (Å²) in [5.41, 5.74) is 2.14. The Balaban J connectivity index is 1.90. The van der Waals surface area contributed by atoms with Crippen molar-refractivity contribution in [2.24, 2.45) is 4.99 Å². The molecule has 8 heteroatoms. The van der Waals surface area contributed by atoms with Gasteiger partial charge in [0.15, 0.2) is 4.80 Å². The minimum Gasteiger partial charge on any atom is -0.508 e. The SMILES string of the molecule is CCOC(=O)C1=C(C)N=c2s/c(=C\c3ccc(O)cc3)c(=O)n2[C@@H]1c1ccc(OCC)cc1. The first-order valence-electron chi connectivity index (χ1n) is 10.6. The standard InChI is InChI=1S/C25H24N2O5S/c1-4-31-19-12-8-17(9-13-19)22-21(24(30)32-5-2)15(3)26-25-27(22)23(29)20(33-25)14-16-6-10-18(28)11-7-16/h6-14,22,28H,4-5H2,1-3H3/b20-14-/t22-/m1/s1. The number of ether oxygens (including phenoxy) is 2. The average Bonchev–Trinajstić information content (AvgIpc) is 3.10. The summed E-state index contributed by atoms with van der Waals surface area (Å²) in [6.45, 7) is 6.17. The number of phenols is 1. The van der Waals surface area contributed by atoms with Gasteiger partial charge in [0, 0.05) is 0 Å². The number of thiazole rings is 1. The number of nitrogens with zero attached hydrogens (tertiary/aromatic N) is 2. The quantitative estimate of drug-likeness (QED) is 0.567. The van der Waals surface area contributed by atoms with Gasteiger partial charge in [0.25, 0.3) is 5.56 Å². The highest BCUT2D eigenvalue weighted by Gasteiger charge is 2.33. The van der Waals surface area contributed by atoms with Crippen LogP contribution in [0.5, 0.6) is 11.5 Å². The van der Waals surface area contributed by atoms with Crippen LogP contribution in [0.3, 0.4) is 0 Å². The molecule has 2 aromatic carbocycles. The Kier molecular flexibility index (Phi) is 6.46. The van der Waals surface area contributed by atoms with Gasteiger partial charge in [-0.2, -0.15) is 0 Å². The fourth-order valence-electron chi connectivity index (χ4n) is 3.74. The summed E-state index contributed by atoms with van der Waals surface area (Å²) in [5, 5.41) is 9.53. The first kappa shape index (κ1) is 22.5. The Morgan fingerprint density at radius 2 is 1.82 bits per heavy atom. The Morgan fingerprint density at radius 1 is 1.12 bits per heavy atom. The van der Waals surface area contributed by atoms with E-state index in [1.807, 2.05) is 31.2 Å². The molecule has 0 bridgehead atoms. The first-order valence-corrected chi connectivity index (χ1v) is 11.5. The molecule has 0 fully saturated rings. The Hall–Kier alpha value is -3.65. The molecule has 33 heavy (non-hydrogen) atoms. The van der Waals surface area contributed by atoms with Crippen molar-refractivity contribution >= 4 is 23.4 Å². The minimum absolute atomic E-state index is 0.152. The number of phenolic OH excluding ortho intramolecular Hbond substituents is 1. The highest BCUT2D eigenvalue weighted by Crippen LogP contribution is 2.31. The van der Waals surface area contributed by atoms with Gasteiger partial charge in [-0.3, -0.25) is 9.36 Å². The number of allylic oxidation sites excluding steroid dienone is 1. The van der Waals surface area contributed by atoms with Gasteiger partial charge in [-0.25, -0.2) is 9.79 Å². The van der Waals surface area contributed by atoms with E-state index in [1.165, 1.54) is 11.3 Å². The zero-order chi connectivity index (χ0) is 23.5. The van der Waals surface area contributed by atoms with Gasteiger partial charge in [-0.15, -0.1) is 0 Å². The molecule has 0 radical (unpaired) electrons. The van der Waals surface area contributed by atoms with Crippen LogP contribution in [0.25, 0.3) is 6.08 Å². The molecule has 1 aliphatic heterocycles. The monoisotopic (exact) mass is 464 g/mol. The van der Waals surface area contributed by atoms with E-state index in [0.717, 1.165) is 11.1 Å². The number of fused-ring (bicyclic) bond motifs is 1. The highest BCUT2D eigenvalue weighted by molar-refractivity contribution is 7.07. The lowest BCUT2D eigenvalue weighted by Crippen LogP contribution is -2.39. The van der Waals surface area contributed by atoms with E-state index in [4.69, 9.17) is 9.47 Å². The predicted molar refractivity (Wildman–Crippen MR) is 126 cm³/mol. The predicted octanol–water partition coefficient (Wildman–Crippen LogP) is 2.90. The fraction of sp³-hybridized carbons (Fsp3) is 0.240. The number of aromatic nitrogens is 1. The van der Waals surface area contributed by atoms with Crippen molar-refractivity contribution in [2.45, 2.75) is 26.8 Å². The van der Waals surface area contributed by atoms with Crippen molar-refractivity contribution in [1.82, 2.24) is 4.57 Å². The second-order valence-corrected chi connectivity index (χ2v) is 8.40. The molecular formula is C25H24N2O5S. The number of carbonyl (C=O) groups is 1. The molecule has 1 aromatic heterocycles. The van der Waals surface area contributed by atoms with Crippen LogP contribution in [-0.4, -0.2) is 28.9 Å². The van der Waals surface area contributed by atoms with Crippen LogP contribution in [-0.2, 0) is 9.53 Å². The van der Waals surface area contributed by atoms with Gasteiger partial charge in [0.1, 0.15) is 11.5 Å². The second kappa shape index (κ2) is 9.46. The van der Waals surface area contributed by atoms with E-state index in [-0.39, 0.29) is 17.9 Å². The third-order valence-electron chi connectivity index (χ3n) is 5.21. The zero-order valence-electron chi connectivity index (χ0n) is 18.6. The molecule has 0 unspecified atom stereocenters. The summed E-state index contributed by atoms with van der Waals surface area (Å²) in [4.78, 5) is 31.5. The Bertz CT molecular complexity index is 1380. The summed E-state index contributed by atoms with van der Waals surface area (Å²) in [6, 6.07) is 13.3. The topological polar surface area (TPSA) is 90.1 Å². The van der Waals surface area contributed by atoms with Gasteiger partial charge in [-0.1, -0.05) is 35.6 Å². The summed E-state index contributed by atoms with van der Waals surface area (Å²) >= 11 is 1.26. The van der Waals surface area contributed by atoms with Gasteiger partial charge in [-0.05, 0) is 62.2 Å². The van der Waals surface area contributed by atoms with E-state index < -0.39 is 12.0 Å². The molecule has 4 rings (SSSR count). The maximum absolute atomic E-state index is 13.5. The van der Waals surface area contributed by atoms with E-state index in [2.05, 4.69) is 4.99 Å². The Labute approximate surface area is 194 Å². The van der Waals surface area contributed by atoms with Gasteiger partial charge in [0.05, 0.1) is 35.1 Å². The van der Waals surface area contributed by atoms with Crippen molar-refractivity contribution in [2.75, 3.05) is 13.2 Å². The molecule has 1 aliphatic rings. The van der Waals surface area contributed by atoms with Crippen LogP contribution in [0.1, 0.15) is 37.9 Å². The lowest BCUT2D eigenvalue weighted by Gasteiger charge is -2.24. The van der Waals surface area contributed by atoms with Gasteiger partial charge >= 0.3 is 5.97 Å². The molecule has 0 saturated heterocycles. The van der Waals surface area contributed by atoms with Crippen molar-refractivity contribution < 1.29 is 19.4 Å². The molecule has 1 atom stereocenters. The number of carbonyl (C=O) groups excluding carboxylic acids is 1. The molecule has 0 aliphatic carbocycles. The molecule has 1 N–H and O–H groups in total. The van der Waals surface area contributed by atoms with Gasteiger partial charge < -0.3 is 14.6 Å². The van der Waals surface area contributed by atoms with E-state index >= 15 is 0 Å². The minimum atomic E-state index is -0.669. The number of hydrogen-bond acceptors (Lipinski definition) is 7. The summed E-state index contributed by atoms with van der Waals surface area (Å²) in [5.74, 6) is 0.364. The zero-order valence-corrected chi connectivity index (χ0v) is 19.4. The van der Waals surface area contributed by atoms with E-state index in [0.29, 0.717) is 33.0 Å². The van der Waals surface area contributed by atoms with Crippen molar-refractivity contribution in [3.8, 4) is 11.5 Å². The van der Waals surface area contributed by atoms with Crippen LogP contribution >= 0.6 is 11.3 Å². The molecular weight excluding hydrogens is 440 g/mol. The second-order valence-electron chi connectivity index (χ2n) is 7.40. The molecule has 0 saturated carbocycles. The summed E-state index contributed by atoms with van der Waals surface area (Å²) in [7, 11) is 0. The third kappa shape index (κ3) is 4.47. The fourth-order valence-corrected chi connectivity index (χ4v) is 4.79. The van der Waals surface area contributed by atoms with E-state index in [1.54, 1.807) is 48.8 Å². The Morgan fingerprint density at radius 3 is 2.45 bits per heavy atom. The molecule has 3 aromatic rings. The maximum Gasteiger partial charge on any atom is 0.338 e. The first-order chi connectivity index (χ1) is 15.9. The molecule has 0 amide bonds. The van der Waals surface area contributed by atoms with Crippen molar-refractivity contribution in [3.63, 3.8) is 0 Å². The van der Waals surface area contributed by atoms with Crippen molar-refractivity contribution in [1.29, 1.82) is 0 Å². The number of aromatic hydroxyl groups is 1. The average molecular weight is 465 g/mol. The third-order valence-corrected chi connectivity index (χ3v) is 6.20. The number of esters is 1. The maximum atomic E-state index is 13.5. The molecule has 7 nitrogen and oxygen atoms in total. The number of rotatable bonds is 6. The smallest absolute Gasteiger partial charge is 0.338 e. The lowest BCUT2D eigenvalue weighted by molar-refractivity contribution is -0.139. The number of benzene rings is 2. The highest BCUT2D eigenvalue weighted by atomic mass is 32.1. The van der Waals surface area contributed by atoms with Crippen LogP contribution in [0, 0.1) is 0 Å². The lowest BCUT2D eigenvalue weighted by atomic mass is 9.96. The molecule has 170 valence electrons. The van der Waals surface area contributed by atoms with Gasteiger partial charge in [0.2, 0.25) is 0 Å². The normalized spacial score (nSPS) is 15.7.